The maximum atomic E-state index is 12.6. The zero-order valence-corrected chi connectivity index (χ0v) is 18.2. The number of carbonyl (C=O) groups excluding carboxylic acids is 1. The Morgan fingerprint density at radius 2 is 2.10 bits per heavy atom. The predicted molar refractivity (Wildman–Crippen MR) is 118 cm³/mol. The van der Waals surface area contributed by atoms with Crippen molar-refractivity contribution in [3.63, 3.8) is 0 Å². The average molecular weight is 428 g/mol. The molecular weight excluding hydrogens is 402 g/mol. The van der Waals surface area contributed by atoms with Crippen LogP contribution in [0.1, 0.15) is 26.3 Å². The number of halogens is 1. The van der Waals surface area contributed by atoms with Gasteiger partial charge in [-0.3, -0.25) is 4.79 Å². The number of aliphatic imine (C=N–C) groups is 1. The first-order chi connectivity index (χ1) is 14.4. The van der Waals surface area contributed by atoms with Gasteiger partial charge in [-0.2, -0.15) is 0 Å². The lowest BCUT2D eigenvalue weighted by atomic mass is 9.83. The molecule has 0 aliphatic carbocycles. The van der Waals surface area contributed by atoms with Crippen molar-refractivity contribution in [1.29, 1.82) is 0 Å². The third-order valence-electron chi connectivity index (χ3n) is 5.64. The largest absolute Gasteiger partial charge is 0.466 e. The summed E-state index contributed by atoms with van der Waals surface area (Å²) in [5.41, 5.74) is 0.935. The third-order valence-corrected chi connectivity index (χ3v) is 5.88. The molecule has 0 spiro atoms. The van der Waals surface area contributed by atoms with Crippen LogP contribution in [0.3, 0.4) is 0 Å². The van der Waals surface area contributed by atoms with E-state index in [9.17, 15) is 4.79 Å². The predicted octanol–water partition coefficient (Wildman–Crippen LogP) is 4.39. The van der Waals surface area contributed by atoms with Gasteiger partial charge in [0.15, 0.2) is 5.75 Å². The number of rotatable bonds is 3. The number of carbonyl (C=O) groups is 1. The maximum Gasteiger partial charge on any atom is 0.313 e. The molecule has 1 N–H and O–H groups in total. The summed E-state index contributed by atoms with van der Waals surface area (Å²) in [6, 6.07) is 13.2. The molecule has 2 aromatic rings. The van der Waals surface area contributed by atoms with E-state index in [4.69, 9.17) is 26.1 Å². The van der Waals surface area contributed by atoms with Crippen LogP contribution < -0.4 is 10.1 Å². The Balaban J connectivity index is 1.72. The van der Waals surface area contributed by atoms with Crippen LogP contribution >= 0.6 is 11.6 Å². The minimum absolute atomic E-state index is 0.0804. The monoisotopic (exact) mass is 427 g/mol. The van der Waals surface area contributed by atoms with Gasteiger partial charge in [0.1, 0.15) is 17.3 Å². The highest BCUT2D eigenvalue weighted by atomic mass is 35.5. The number of fused-ring (bicyclic) bond motifs is 2. The molecule has 30 heavy (non-hydrogen) atoms. The number of piperazine rings is 1. The Labute approximate surface area is 181 Å². The number of esters is 1. The van der Waals surface area contributed by atoms with E-state index in [1.165, 1.54) is 0 Å². The van der Waals surface area contributed by atoms with E-state index in [2.05, 4.69) is 10.2 Å². The second-order valence-electron chi connectivity index (χ2n) is 8.04. The molecule has 1 saturated heterocycles. The SMILES string of the molecule is CCOC(=O)C(C)(C)[C@H]1CN(C2=Nc3cc(Cl)ccc3Oc3ccccc32)CCN1. The Kier molecular flexibility index (Phi) is 5.71. The minimum atomic E-state index is -0.669. The van der Waals surface area contributed by atoms with E-state index >= 15 is 0 Å². The molecule has 0 unspecified atom stereocenters. The molecule has 0 aromatic heterocycles. The van der Waals surface area contributed by atoms with Crippen molar-refractivity contribution in [1.82, 2.24) is 10.2 Å². The van der Waals surface area contributed by atoms with Crippen molar-refractivity contribution in [2.24, 2.45) is 10.4 Å². The molecule has 4 rings (SSSR count). The molecular formula is C23H26ClN3O3. The van der Waals surface area contributed by atoms with Gasteiger partial charge in [0.2, 0.25) is 0 Å². The molecule has 0 radical (unpaired) electrons. The fraction of sp³-hybridized carbons (Fsp3) is 0.391. The van der Waals surface area contributed by atoms with Crippen molar-refractivity contribution in [2.75, 3.05) is 26.2 Å². The summed E-state index contributed by atoms with van der Waals surface area (Å²) in [6.07, 6.45) is 0. The first kappa shape index (κ1) is 20.7. The fourth-order valence-electron chi connectivity index (χ4n) is 3.82. The van der Waals surface area contributed by atoms with Gasteiger partial charge in [-0.25, -0.2) is 4.99 Å². The van der Waals surface area contributed by atoms with Crippen LogP contribution in [-0.4, -0.2) is 49.0 Å². The van der Waals surface area contributed by atoms with Gasteiger partial charge in [-0.05, 0) is 51.1 Å². The summed E-state index contributed by atoms with van der Waals surface area (Å²) in [5.74, 6) is 2.03. The molecule has 2 aliphatic heterocycles. The maximum absolute atomic E-state index is 12.6. The summed E-state index contributed by atoms with van der Waals surface area (Å²) in [6.45, 7) is 8.16. The number of nitrogens with one attached hydrogen (secondary N) is 1. The van der Waals surface area contributed by atoms with Crippen molar-refractivity contribution < 1.29 is 14.3 Å². The van der Waals surface area contributed by atoms with E-state index in [0.717, 1.165) is 30.2 Å². The highest BCUT2D eigenvalue weighted by Gasteiger charge is 2.41. The zero-order chi connectivity index (χ0) is 21.3. The summed E-state index contributed by atoms with van der Waals surface area (Å²) in [4.78, 5) is 19.7. The van der Waals surface area contributed by atoms with Crippen LogP contribution in [0.4, 0.5) is 5.69 Å². The van der Waals surface area contributed by atoms with Gasteiger partial charge in [0.25, 0.3) is 0 Å². The number of amidine groups is 1. The van der Waals surface area contributed by atoms with Gasteiger partial charge < -0.3 is 19.7 Å². The molecule has 2 aliphatic rings. The number of nitrogens with zero attached hydrogens (tertiary/aromatic N) is 2. The highest BCUT2D eigenvalue weighted by Crippen LogP contribution is 2.40. The Bertz CT molecular complexity index is 989. The van der Waals surface area contributed by atoms with E-state index < -0.39 is 5.41 Å². The third kappa shape index (κ3) is 3.89. The fourth-order valence-corrected chi connectivity index (χ4v) is 3.99. The first-order valence-electron chi connectivity index (χ1n) is 10.2. The molecule has 2 aromatic carbocycles. The number of hydrogen-bond donors (Lipinski definition) is 1. The van der Waals surface area contributed by atoms with Crippen molar-refractivity contribution in [2.45, 2.75) is 26.8 Å². The summed E-state index contributed by atoms with van der Waals surface area (Å²) in [7, 11) is 0. The molecule has 0 bridgehead atoms. The zero-order valence-electron chi connectivity index (χ0n) is 17.4. The Morgan fingerprint density at radius 1 is 1.30 bits per heavy atom. The van der Waals surface area contributed by atoms with Crippen molar-refractivity contribution in [3.8, 4) is 11.5 Å². The lowest BCUT2D eigenvalue weighted by molar-refractivity contribution is -0.155. The van der Waals surface area contributed by atoms with Gasteiger partial charge in [0, 0.05) is 30.7 Å². The van der Waals surface area contributed by atoms with E-state index in [1.807, 2.05) is 57.2 Å². The quantitative estimate of drug-likeness (QED) is 0.736. The molecule has 6 nitrogen and oxygen atoms in total. The van der Waals surface area contributed by atoms with Gasteiger partial charge in [0.05, 0.1) is 17.6 Å². The minimum Gasteiger partial charge on any atom is -0.466 e. The average Bonchev–Trinajstić information content (AvgIpc) is 2.90. The lowest BCUT2D eigenvalue weighted by Crippen LogP contribution is -2.60. The molecule has 2 heterocycles. The molecule has 7 heteroatoms. The standard InChI is InChI=1S/C23H26ClN3O3/c1-4-29-22(28)23(2,3)20-14-27(12-11-25-20)21-16-7-5-6-8-18(16)30-19-10-9-15(24)13-17(19)26-21/h5-10,13,20,25H,4,11-12,14H2,1-3H3/t20-/m1/s1. The smallest absolute Gasteiger partial charge is 0.313 e. The van der Waals surface area contributed by atoms with E-state index in [-0.39, 0.29) is 12.0 Å². The second-order valence-corrected chi connectivity index (χ2v) is 8.48. The van der Waals surface area contributed by atoms with Crippen molar-refractivity contribution in [3.05, 3.63) is 53.1 Å². The molecule has 1 fully saturated rings. The number of ether oxygens (including phenoxy) is 2. The Hall–Kier alpha value is -2.57. The molecule has 158 valence electrons. The number of benzene rings is 2. The molecule has 1 atom stereocenters. The number of hydrogen-bond acceptors (Lipinski definition) is 6. The van der Waals surface area contributed by atoms with Gasteiger partial charge in [-0.1, -0.05) is 23.7 Å². The van der Waals surface area contributed by atoms with Crippen LogP contribution in [0.25, 0.3) is 0 Å². The topological polar surface area (TPSA) is 63.2 Å². The highest BCUT2D eigenvalue weighted by molar-refractivity contribution is 6.31. The van der Waals surface area contributed by atoms with Crippen LogP contribution in [0.2, 0.25) is 5.02 Å². The Morgan fingerprint density at radius 3 is 2.90 bits per heavy atom. The summed E-state index contributed by atoms with van der Waals surface area (Å²) in [5, 5.41) is 4.09. The van der Waals surface area contributed by atoms with Gasteiger partial charge >= 0.3 is 5.97 Å². The number of para-hydroxylation sites is 1. The van der Waals surface area contributed by atoms with E-state index in [1.54, 1.807) is 6.07 Å². The first-order valence-corrected chi connectivity index (χ1v) is 10.6. The van der Waals surface area contributed by atoms with E-state index in [0.29, 0.717) is 29.6 Å². The summed E-state index contributed by atoms with van der Waals surface area (Å²) >= 11 is 6.22. The summed E-state index contributed by atoms with van der Waals surface area (Å²) < 4.78 is 11.5. The molecule has 0 amide bonds. The van der Waals surface area contributed by atoms with Crippen LogP contribution in [-0.2, 0) is 9.53 Å². The van der Waals surface area contributed by atoms with Crippen molar-refractivity contribution >= 4 is 29.1 Å². The normalized spacial score (nSPS) is 18.5. The lowest BCUT2D eigenvalue weighted by Gasteiger charge is -2.41. The van der Waals surface area contributed by atoms with Crippen LogP contribution in [0.5, 0.6) is 11.5 Å². The van der Waals surface area contributed by atoms with Gasteiger partial charge in [-0.15, -0.1) is 0 Å². The molecule has 0 saturated carbocycles. The van der Waals surface area contributed by atoms with Crippen LogP contribution in [0, 0.1) is 5.41 Å². The van der Waals surface area contributed by atoms with Crippen LogP contribution in [0.15, 0.2) is 47.5 Å². The second kappa shape index (κ2) is 8.28.